The zero-order chi connectivity index (χ0) is 2.71. The Balaban J connectivity index is 0. The third-order valence-corrected chi connectivity index (χ3v) is 0. The number of hydrogen-bond donors (Lipinski definition) is 0. The van der Waals surface area contributed by atoms with E-state index in [2.05, 4.69) is 27.6 Å². The van der Waals surface area contributed by atoms with Crippen molar-refractivity contribution < 1.29 is 50.8 Å². The maximum absolute atomic E-state index is 4.26. The summed E-state index contributed by atoms with van der Waals surface area (Å²) in [5.74, 6) is 0. The van der Waals surface area contributed by atoms with E-state index in [9.17, 15) is 0 Å². The van der Waals surface area contributed by atoms with Gasteiger partial charge in [0.15, 0.2) is 0 Å². The van der Waals surface area contributed by atoms with Gasteiger partial charge in [-0.25, -0.2) is 0 Å². The maximum atomic E-state index is 4.26. The average Bonchev–Trinajstić information content (AvgIpc) is 0.918. The van der Waals surface area contributed by atoms with Gasteiger partial charge in [-0.05, 0) is 0 Å². The maximum Gasteiger partial charge on any atom is 0.0832 e. The molecule has 4 heteroatoms. The third-order valence-electron chi connectivity index (χ3n) is 0. The van der Waals surface area contributed by atoms with Gasteiger partial charge in [-0.3, -0.25) is 0 Å². The van der Waals surface area contributed by atoms with Crippen LogP contribution in [0.4, 0.5) is 0 Å². The second-order valence-corrected chi connectivity index (χ2v) is 0.525. The van der Waals surface area contributed by atoms with Crippen LogP contribution in [0.5, 0.6) is 0 Å². The first-order chi connectivity index (χ1) is 1.41. The number of halogens is 2. The van der Waals surface area contributed by atoms with Crippen molar-refractivity contribution in [3.8, 4) is 0 Å². The second kappa shape index (κ2) is 8.91. The summed E-state index contributed by atoms with van der Waals surface area (Å²) in [6.07, 6.45) is 0. The van der Waals surface area contributed by atoms with E-state index in [0.717, 1.165) is 0 Å². The van der Waals surface area contributed by atoms with Gasteiger partial charge < -0.3 is 0 Å². The molecule has 0 N–H and O–H groups in total. The first kappa shape index (κ1) is 9.41. The quantitative estimate of drug-likeness (QED) is 0.638. The molecule has 0 saturated heterocycles. The zero-order valence-corrected chi connectivity index (χ0v) is 4.66. The van der Waals surface area contributed by atoms with E-state index in [-0.39, 0.29) is 46.9 Å². The molecule has 0 aromatic carbocycles. The molecule has 0 aliphatic heterocycles. The van der Waals surface area contributed by atoms with Crippen molar-refractivity contribution in [2.45, 2.75) is 0 Å². The summed E-state index contributed by atoms with van der Waals surface area (Å²) in [4.78, 5) is 0. The molecule has 0 aliphatic carbocycles. The van der Waals surface area contributed by atoms with E-state index in [1.807, 2.05) is 0 Å². The zero-order valence-electron chi connectivity index (χ0n) is 1.43. The first-order valence-electron chi connectivity index (χ1n) is 0.309. The summed E-state index contributed by atoms with van der Waals surface area (Å²) in [6.45, 7) is 0. The van der Waals surface area contributed by atoms with Crippen molar-refractivity contribution in [1.82, 2.24) is 0 Å². The average molecular weight is 260 g/mol. The van der Waals surface area contributed by atoms with Crippen LogP contribution in [0, 0.1) is 46.9 Å². The molecule has 0 amide bonds. The van der Waals surface area contributed by atoms with E-state index in [1.54, 1.807) is 0 Å². The molecule has 0 aromatic rings. The Morgan fingerprint density at radius 2 is 1.25 bits per heavy atom. The van der Waals surface area contributed by atoms with Crippen LogP contribution in [0.2, 0.25) is 0 Å². The molecule has 0 aromatic heterocycles. The van der Waals surface area contributed by atoms with Crippen LogP contribution in [0.1, 0.15) is 0 Å². The molecule has 0 aliphatic rings. The van der Waals surface area contributed by atoms with Gasteiger partial charge in [0.05, 0.1) is 23.7 Å². The number of hydrogen-bond acceptors (Lipinski definition) is 1. The van der Waals surface area contributed by atoms with Crippen molar-refractivity contribution in [1.29, 1.82) is 0 Å². The van der Waals surface area contributed by atoms with Crippen LogP contribution in [0.25, 0.3) is 0 Å². The molecule has 0 bridgehead atoms. The van der Waals surface area contributed by atoms with Crippen LogP contribution in [0.3, 0.4) is 0 Å². The van der Waals surface area contributed by atoms with E-state index >= 15 is 0 Å². The Bertz CT molecular complexity index is 6.00. The summed E-state index contributed by atoms with van der Waals surface area (Å²) >= 11 is 8.53. The SMILES string of the molecule is ClOCl.[Yb]. The van der Waals surface area contributed by atoms with Gasteiger partial charge in [0, 0.05) is 46.9 Å². The van der Waals surface area contributed by atoms with Crippen molar-refractivity contribution >= 4 is 23.7 Å². The summed E-state index contributed by atoms with van der Waals surface area (Å²) in [5, 5.41) is 0. The summed E-state index contributed by atoms with van der Waals surface area (Å²) in [5.41, 5.74) is 0. The van der Waals surface area contributed by atoms with Crippen LogP contribution >= 0.6 is 23.7 Å². The van der Waals surface area contributed by atoms with Crippen molar-refractivity contribution in [3.63, 3.8) is 0 Å². The molecule has 0 spiro atoms. The fourth-order valence-electron chi connectivity index (χ4n) is 0. The Hall–Kier alpha value is 2.06. The standard InChI is InChI=1S/Cl2O.Yb/c1-3-2;. The van der Waals surface area contributed by atoms with Gasteiger partial charge in [-0.1, -0.05) is 0 Å². The summed E-state index contributed by atoms with van der Waals surface area (Å²) in [7, 11) is 0. The van der Waals surface area contributed by atoms with Crippen LogP contribution in [-0.2, 0) is 3.84 Å². The summed E-state index contributed by atoms with van der Waals surface area (Å²) in [6, 6.07) is 0. The predicted octanol–water partition coefficient (Wildman–Crippen LogP) is 1.31. The topological polar surface area (TPSA) is 9.23 Å². The minimum atomic E-state index is 0. The van der Waals surface area contributed by atoms with Crippen LogP contribution in [0.15, 0.2) is 0 Å². The molecular weight excluding hydrogens is 260 g/mol. The minimum absolute atomic E-state index is 0. The van der Waals surface area contributed by atoms with Gasteiger partial charge in [-0.2, -0.15) is 3.84 Å². The van der Waals surface area contributed by atoms with Gasteiger partial charge in [0.25, 0.3) is 0 Å². The molecule has 34 valence electrons. The van der Waals surface area contributed by atoms with Crippen molar-refractivity contribution in [2.75, 3.05) is 0 Å². The fourth-order valence-corrected chi connectivity index (χ4v) is 0. The Morgan fingerprint density at radius 3 is 1.25 bits per heavy atom. The molecule has 0 radical (unpaired) electrons. The fraction of sp³-hybridized carbons (Fsp3) is 0. The van der Waals surface area contributed by atoms with E-state index in [1.165, 1.54) is 0 Å². The largest absolute Gasteiger partial charge is 0.166 e. The van der Waals surface area contributed by atoms with Crippen molar-refractivity contribution in [3.05, 3.63) is 0 Å². The molecule has 0 atom stereocenters. The molecule has 0 unspecified atom stereocenters. The molecule has 0 rings (SSSR count). The molecular formula is Cl2OYb. The molecule has 0 fully saturated rings. The Kier molecular flexibility index (Phi) is 21.0. The Morgan fingerprint density at radius 1 is 1.25 bits per heavy atom. The third kappa shape index (κ3) is 8.96. The van der Waals surface area contributed by atoms with Gasteiger partial charge in [0.2, 0.25) is 0 Å². The first-order valence-corrected chi connectivity index (χ1v) is 0.926. The summed E-state index contributed by atoms with van der Waals surface area (Å²) < 4.78 is 3.19. The van der Waals surface area contributed by atoms with E-state index in [4.69, 9.17) is 0 Å². The number of rotatable bonds is 0. The normalized spacial score (nSPS) is 4.50. The minimum Gasteiger partial charge on any atom is -0.166 e. The molecule has 0 saturated carbocycles. The van der Waals surface area contributed by atoms with Gasteiger partial charge >= 0.3 is 0 Å². The van der Waals surface area contributed by atoms with Gasteiger partial charge in [-0.15, -0.1) is 0 Å². The monoisotopic (exact) mass is 260 g/mol. The Labute approximate surface area is 73.2 Å². The van der Waals surface area contributed by atoms with Crippen LogP contribution in [-0.4, -0.2) is 0 Å². The molecule has 1 nitrogen and oxygen atoms in total. The van der Waals surface area contributed by atoms with E-state index < -0.39 is 0 Å². The van der Waals surface area contributed by atoms with E-state index in [0.29, 0.717) is 0 Å². The van der Waals surface area contributed by atoms with Crippen molar-refractivity contribution in [2.24, 2.45) is 0 Å². The van der Waals surface area contributed by atoms with Crippen LogP contribution < -0.4 is 0 Å². The molecule has 4 heavy (non-hydrogen) atoms. The second-order valence-electron chi connectivity index (χ2n) is 0.0583. The van der Waals surface area contributed by atoms with Gasteiger partial charge in [0.1, 0.15) is 0 Å². The predicted molar refractivity (Wildman–Crippen MR) is 12.8 cm³/mol. The molecule has 0 heterocycles. The smallest absolute Gasteiger partial charge is 0.0832 e.